The average molecular weight is 408 g/mol. The molecule has 1 aromatic heterocycles. The van der Waals surface area contributed by atoms with Crippen LogP contribution in [0.1, 0.15) is 6.42 Å². The molecule has 0 bridgehead atoms. The Morgan fingerprint density at radius 2 is 1.87 bits per heavy atom. The third-order valence-electron chi connectivity index (χ3n) is 4.96. The summed E-state index contributed by atoms with van der Waals surface area (Å²) in [5, 5.41) is 10.3. The van der Waals surface area contributed by atoms with Crippen LogP contribution in [0.25, 0.3) is 5.69 Å². The quantitative estimate of drug-likeness (QED) is 0.673. The predicted molar refractivity (Wildman–Crippen MR) is 109 cm³/mol. The van der Waals surface area contributed by atoms with E-state index in [9.17, 15) is 14.4 Å². The van der Waals surface area contributed by atoms with Gasteiger partial charge in [-0.25, -0.2) is 4.79 Å². The van der Waals surface area contributed by atoms with Crippen LogP contribution in [0.4, 0.5) is 11.4 Å². The van der Waals surface area contributed by atoms with E-state index < -0.39 is 5.92 Å². The molecular formula is C20H20N6O4. The standard InChI is InChI=1S/C20H20N6O4/c1-24-20(29)26(23-22-24)15-8-6-14(7-9-15)21-19(28)13-10-18(27)25(12-13)16-4-3-5-17(11-16)30-2/h3-9,11,13H,10,12H2,1-2H3,(H,21,28)/t13-/m0/s1. The average Bonchev–Trinajstić information content (AvgIpc) is 3.31. The van der Waals surface area contributed by atoms with Crippen molar-refractivity contribution in [1.29, 1.82) is 0 Å². The lowest BCUT2D eigenvalue weighted by atomic mass is 10.1. The molecule has 2 aromatic carbocycles. The van der Waals surface area contributed by atoms with Gasteiger partial charge in [-0.05, 0) is 46.8 Å². The third-order valence-corrected chi connectivity index (χ3v) is 4.96. The van der Waals surface area contributed by atoms with Crippen molar-refractivity contribution >= 4 is 23.2 Å². The molecule has 30 heavy (non-hydrogen) atoms. The molecule has 154 valence electrons. The number of ether oxygens (including phenoxy) is 1. The zero-order valence-electron chi connectivity index (χ0n) is 16.5. The van der Waals surface area contributed by atoms with Crippen LogP contribution in [0.3, 0.4) is 0 Å². The topological polar surface area (TPSA) is 111 Å². The summed E-state index contributed by atoms with van der Waals surface area (Å²) in [6.45, 7) is 0.297. The highest BCUT2D eigenvalue weighted by Gasteiger charge is 2.35. The number of carbonyl (C=O) groups is 2. The molecule has 1 N–H and O–H groups in total. The van der Waals surface area contributed by atoms with Crippen molar-refractivity contribution in [1.82, 2.24) is 19.8 Å². The highest BCUT2D eigenvalue weighted by Crippen LogP contribution is 2.28. The number of hydrogen-bond donors (Lipinski definition) is 1. The molecule has 10 heteroatoms. The maximum Gasteiger partial charge on any atom is 0.368 e. The van der Waals surface area contributed by atoms with Crippen LogP contribution >= 0.6 is 0 Å². The molecule has 0 spiro atoms. The summed E-state index contributed by atoms with van der Waals surface area (Å²) in [4.78, 5) is 38.6. The zero-order valence-corrected chi connectivity index (χ0v) is 16.5. The fraction of sp³-hybridized carbons (Fsp3) is 0.250. The van der Waals surface area contributed by atoms with Gasteiger partial charge in [0.1, 0.15) is 5.75 Å². The summed E-state index contributed by atoms with van der Waals surface area (Å²) in [5.74, 6) is -0.166. The lowest BCUT2D eigenvalue weighted by Gasteiger charge is -2.17. The van der Waals surface area contributed by atoms with E-state index in [0.29, 0.717) is 29.4 Å². The van der Waals surface area contributed by atoms with Gasteiger partial charge in [-0.15, -0.1) is 0 Å². The van der Waals surface area contributed by atoms with Crippen molar-refractivity contribution in [3.8, 4) is 11.4 Å². The molecule has 0 saturated carbocycles. The van der Waals surface area contributed by atoms with Crippen LogP contribution in [0.5, 0.6) is 5.75 Å². The number of nitrogens with zero attached hydrogens (tertiary/aromatic N) is 5. The van der Waals surface area contributed by atoms with E-state index in [0.717, 1.165) is 9.36 Å². The molecule has 2 heterocycles. The smallest absolute Gasteiger partial charge is 0.368 e. The summed E-state index contributed by atoms with van der Waals surface area (Å²) < 4.78 is 7.49. The van der Waals surface area contributed by atoms with Crippen molar-refractivity contribution in [2.75, 3.05) is 23.9 Å². The van der Waals surface area contributed by atoms with Gasteiger partial charge in [0.2, 0.25) is 11.8 Å². The van der Waals surface area contributed by atoms with E-state index in [4.69, 9.17) is 4.74 Å². The van der Waals surface area contributed by atoms with Crippen LogP contribution in [0, 0.1) is 5.92 Å². The molecule has 1 saturated heterocycles. The zero-order chi connectivity index (χ0) is 21.3. The van der Waals surface area contributed by atoms with Crippen molar-refractivity contribution in [2.45, 2.75) is 6.42 Å². The van der Waals surface area contributed by atoms with Crippen molar-refractivity contribution in [2.24, 2.45) is 13.0 Å². The molecule has 10 nitrogen and oxygen atoms in total. The number of carbonyl (C=O) groups excluding carboxylic acids is 2. The maximum atomic E-state index is 12.7. The summed E-state index contributed by atoms with van der Waals surface area (Å²) in [7, 11) is 3.07. The fourth-order valence-corrected chi connectivity index (χ4v) is 3.32. The van der Waals surface area contributed by atoms with Gasteiger partial charge in [-0.1, -0.05) is 6.07 Å². The number of methoxy groups -OCH3 is 1. The van der Waals surface area contributed by atoms with Gasteiger partial charge in [0.25, 0.3) is 0 Å². The van der Waals surface area contributed by atoms with Crippen molar-refractivity contribution in [3.05, 3.63) is 59.0 Å². The molecule has 1 fully saturated rings. The van der Waals surface area contributed by atoms with Gasteiger partial charge >= 0.3 is 5.69 Å². The Bertz CT molecular complexity index is 1150. The van der Waals surface area contributed by atoms with Crippen molar-refractivity contribution in [3.63, 3.8) is 0 Å². The third kappa shape index (κ3) is 3.66. The summed E-state index contributed by atoms with van der Waals surface area (Å²) in [6.07, 6.45) is 0.135. The lowest BCUT2D eigenvalue weighted by Crippen LogP contribution is -2.28. The second-order valence-corrected chi connectivity index (χ2v) is 6.94. The molecular weight excluding hydrogens is 388 g/mol. The normalized spacial score (nSPS) is 16.0. The number of tetrazole rings is 1. The highest BCUT2D eigenvalue weighted by molar-refractivity contribution is 6.03. The Balaban J connectivity index is 1.43. The van der Waals surface area contributed by atoms with Gasteiger partial charge in [0.15, 0.2) is 0 Å². The first-order chi connectivity index (χ1) is 14.5. The minimum atomic E-state index is -0.467. The number of aryl methyl sites for hydroxylation is 1. The van der Waals surface area contributed by atoms with Crippen LogP contribution in [0.2, 0.25) is 0 Å². The predicted octanol–water partition coefficient (Wildman–Crippen LogP) is 0.966. The Kier molecular flexibility index (Phi) is 5.05. The molecule has 4 rings (SSSR count). The minimum absolute atomic E-state index is 0.110. The Morgan fingerprint density at radius 1 is 1.10 bits per heavy atom. The second-order valence-electron chi connectivity index (χ2n) is 6.94. The van der Waals surface area contributed by atoms with Gasteiger partial charge in [-0.3, -0.25) is 9.59 Å². The van der Waals surface area contributed by atoms with Gasteiger partial charge in [0, 0.05) is 37.5 Å². The SMILES string of the molecule is COc1cccc(N2C[C@@H](C(=O)Nc3ccc(-n4nnn(C)c4=O)cc3)CC2=O)c1. The second kappa shape index (κ2) is 7.82. The minimum Gasteiger partial charge on any atom is -0.497 e. The molecule has 1 aliphatic heterocycles. The first-order valence-corrected chi connectivity index (χ1v) is 9.31. The largest absolute Gasteiger partial charge is 0.497 e. The Hall–Kier alpha value is -3.95. The number of aromatic nitrogens is 4. The monoisotopic (exact) mass is 408 g/mol. The molecule has 0 radical (unpaired) electrons. The number of nitrogens with one attached hydrogen (secondary N) is 1. The summed E-state index contributed by atoms with van der Waals surface area (Å²) in [6, 6.07) is 13.9. The van der Waals surface area contributed by atoms with Crippen molar-refractivity contribution < 1.29 is 14.3 Å². The molecule has 1 aliphatic rings. The van der Waals surface area contributed by atoms with E-state index in [1.54, 1.807) is 54.5 Å². The van der Waals surface area contributed by atoms with E-state index in [-0.39, 0.29) is 23.9 Å². The van der Waals surface area contributed by atoms with E-state index in [1.165, 1.54) is 7.05 Å². The van der Waals surface area contributed by atoms with E-state index in [2.05, 4.69) is 15.7 Å². The number of hydrogen-bond acceptors (Lipinski definition) is 6. The molecule has 0 unspecified atom stereocenters. The Labute approximate surface area is 171 Å². The van der Waals surface area contributed by atoms with Gasteiger partial charge in [0.05, 0.1) is 18.7 Å². The molecule has 1 atom stereocenters. The van der Waals surface area contributed by atoms with Crippen LogP contribution in [-0.2, 0) is 16.6 Å². The van der Waals surface area contributed by atoms with Crippen LogP contribution in [-0.4, -0.2) is 45.3 Å². The highest BCUT2D eigenvalue weighted by atomic mass is 16.5. The lowest BCUT2D eigenvalue weighted by molar-refractivity contribution is -0.122. The maximum absolute atomic E-state index is 12.7. The summed E-state index contributed by atoms with van der Waals surface area (Å²) in [5.41, 5.74) is 1.43. The fourth-order valence-electron chi connectivity index (χ4n) is 3.32. The van der Waals surface area contributed by atoms with Gasteiger partial charge in [-0.2, -0.15) is 9.36 Å². The molecule has 0 aliphatic carbocycles. The first kappa shape index (κ1) is 19.4. The number of amides is 2. The summed E-state index contributed by atoms with van der Waals surface area (Å²) >= 11 is 0. The molecule has 3 aromatic rings. The first-order valence-electron chi connectivity index (χ1n) is 9.31. The van der Waals surface area contributed by atoms with Crippen LogP contribution in [0.15, 0.2) is 53.3 Å². The number of anilines is 2. The number of benzene rings is 2. The van der Waals surface area contributed by atoms with E-state index >= 15 is 0 Å². The van der Waals surface area contributed by atoms with Crippen LogP contribution < -0.4 is 20.6 Å². The van der Waals surface area contributed by atoms with Gasteiger partial charge < -0.3 is 15.0 Å². The number of rotatable bonds is 5. The molecule has 2 amide bonds. The van der Waals surface area contributed by atoms with E-state index in [1.807, 2.05) is 6.07 Å². The Morgan fingerprint density at radius 3 is 2.53 bits per heavy atom.